The Bertz CT molecular complexity index is 2610. The quantitative estimate of drug-likeness (QED) is 0.0146. The molecular weight excluding hydrogens is 1510 g/mol. The van der Waals surface area contributed by atoms with E-state index in [4.69, 9.17) is 32.3 Å². The van der Waals surface area contributed by atoms with E-state index in [1.807, 2.05) is 0 Å². The number of hydrogen-bond acceptors (Lipinski definition) is 14. The van der Waals surface area contributed by atoms with Gasteiger partial charge in [-0.25, -0.2) is 9.13 Å². The number of phosphoric acid groups is 2. The number of carbonyl (C=O) groups excluding carboxylic acids is 3. The van der Waals surface area contributed by atoms with Crippen molar-refractivity contribution in [1.82, 2.24) is 0 Å². The molecule has 0 rings (SSSR count). The van der Waals surface area contributed by atoms with Crippen LogP contribution in [0.15, 0.2) is 122 Å². The molecule has 0 aromatic rings. The number of rotatable bonds is 91. The van der Waals surface area contributed by atoms with Crippen LogP contribution in [0.5, 0.6) is 0 Å². The monoisotopic (exact) mass is 1680 g/mol. The minimum atomic E-state index is -4.94. The number of unbranched alkanes of at least 4 members (excludes halogenated alkanes) is 48. The average molecular weight is 1680 g/mol. The molecule has 5 unspecified atom stereocenters. The highest BCUT2D eigenvalue weighted by atomic mass is 31.2. The Morgan fingerprint density at radius 2 is 0.427 bits per heavy atom. The van der Waals surface area contributed by atoms with Gasteiger partial charge in [0.1, 0.15) is 25.4 Å². The zero-order valence-corrected chi connectivity index (χ0v) is 76.6. The standard InChI is InChI=1S/C99H176O16P2/c1-4-7-10-13-16-19-22-25-28-30-32-34-36-38-40-42-44-46-48-50-52-54-56-58-60-62-65-67-70-73-76-79-82-85-97(102)109-88-94(100)89-111-116(105,106)112-90-95(101)91-113-117(107,108)114-93-96(115-99(104)87-84-81-78-75-72-69-64-27-24-21-18-15-12-9-6-3)92-110-98(103)86-83-80-77-74-71-68-66-63-61-59-57-55-53-51-49-47-45-43-41-39-37-35-33-31-29-26-23-20-17-14-11-8-5-2/h16-21,25-29,32-35,38-41,64,94-96,100-101H,4-15,22-24,30-31,36-37,42-63,65-93H2,1-3H3,(H,105,106)(H,107,108)/b19-16-,20-17-,21-18-,28-25-,29-26-,34-32-,35-33-,40-38-,41-39-,64-27-. The molecule has 0 aliphatic rings. The molecule has 0 bridgehead atoms. The van der Waals surface area contributed by atoms with E-state index in [9.17, 15) is 43.5 Å². The summed E-state index contributed by atoms with van der Waals surface area (Å²) in [7, 11) is -9.80. The summed E-state index contributed by atoms with van der Waals surface area (Å²) in [5.74, 6) is -1.57. The summed E-state index contributed by atoms with van der Waals surface area (Å²) in [4.78, 5) is 58.9. The van der Waals surface area contributed by atoms with Crippen molar-refractivity contribution >= 4 is 33.6 Å². The summed E-state index contributed by atoms with van der Waals surface area (Å²) in [5.41, 5.74) is 0. The molecule has 0 heterocycles. The van der Waals surface area contributed by atoms with Crippen molar-refractivity contribution in [2.45, 2.75) is 450 Å². The van der Waals surface area contributed by atoms with E-state index >= 15 is 0 Å². The van der Waals surface area contributed by atoms with Crippen molar-refractivity contribution in [2.24, 2.45) is 0 Å². The lowest BCUT2D eigenvalue weighted by Gasteiger charge is -2.21. The van der Waals surface area contributed by atoms with Gasteiger partial charge in [0.2, 0.25) is 0 Å². The third-order valence-corrected chi connectivity index (χ3v) is 22.5. The Morgan fingerprint density at radius 3 is 0.675 bits per heavy atom. The van der Waals surface area contributed by atoms with E-state index in [1.165, 1.54) is 250 Å². The van der Waals surface area contributed by atoms with Crippen LogP contribution in [0.1, 0.15) is 432 Å². The molecule has 0 aromatic carbocycles. The first-order chi connectivity index (χ1) is 57.2. The van der Waals surface area contributed by atoms with Crippen molar-refractivity contribution in [3.63, 3.8) is 0 Å². The van der Waals surface area contributed by atoms with Crippen molar-refractivity contribution in [2.75, 3.05) is 39.6 Å². The number of allylic oxidation sites excluding steroid dienone is 20. The van der Waals surface area contributed by atoms with Crippen LogP contribution < -0.4 is 0 Å². The van der Waals surface area contributed by atoms with E-state index in [-0.39, 0.29) is 19.3 Å². The molecule has 0 aromatic heterocycles. The lowest BCUT2D eigenvalue weighted by molar-refractivity contribution is -0.161. The Labute approximate surface area is 716 Å². The Hall–Kier alpha value is -4.05. The topological polar surface area (TPSA) is 231 Å². The van der Waals surface area contributed by atoms with Gasteiger partial charge in [0, 0.05) is 19.3 Å². The van der Waals surface area contributed by atoms with Gasteiger partial charge in [-0.2, -0.15) is 0 Å². The molecule has 18 heteroatoms. The number of aliphatic hydroxyl groups is 2. The fraction of sp³-hybridized carbons (Fsp3) is 0.768. The highest BCUT2D eigenvalue weighted by Crippen LogP contribution is 2.45. The summed E-state index contributed by atoms with van der Waals surface area (Å²) < 4.78 is 61.4. The number of hydrogen-bond donors (Lipinski definition) is 4. The van der Waals surface area contributed by atoms with E-state index in [0.717, 1.165) is 122 Å². The molecule has 4 N–H and O–H groups in total. The van der Waals surface area contributed by atoms with Gasteiger partial charge in [-0.3, -0.25) is 32.5 Å². The van der Waals surface area contributed by atoms with Crippen molar-refractivity contribution < 1.29 is 75.8 Å². The SMILES string of the molecule is CCCCC/C=C\C/C=C\C/C=C\C/C=C\CCCCCCCCCCCCCCCCCCCC(=O)OCC(O)COP(=O)(O)OCC(O)COP(=O)(O)OCC(COC(=O)CCCCCCCCCCCCCCCCCCC/C=C\C/C=C\C/C=C\C/C=C\CCCCC)OC(=O)CCCCCCC/C=C\C/C=C\CCCCC. The zero-order chi connectivity index (χ0) is 85.1. The van der Waals surface area contributed by atoms with E-state index in [1.54, 1.807) is 0 Å². The summed E-state index contributed by atoms with van der Waals surface area (Å²) in [6, 6.07) is 0. The molecule has 0 aliphatic carbocycles. The minimum absolute atomic E-state index is 0.0899. The number of ether oxygens (including phenoxy) is 3. The van der Waals surface area contributed by atoms with Crippen LogP contribution in [0.4, 0.5) is 0 Å². The van der Waals surface area contributed by atoms with Gasteiger partial charge < -0.3 is 34.2 Å². The van der Waals surface area contributed by atoms with E-state index < -0.39 is 91.5 Å². The normalized spacial score (nSPS) is 14.3. The first-order valence-electron chi connectivity index (χ1n) is 47.8. The smallest absolute Gasteiger partial charge is 0.463 e. The van der Waals surface area contributed by atoms with Gasteiger partial charge in [-0.1, -0.05) is 393 Å². The molecule has 0 aliphatic heterocycles. The molecule has 0 radical (unpaired) electrons. The molecule has 16 nitrogen and oxygen atoms in total. The molecule has 0 amide bonds. The maximum atomic E-state index is 13.0. The highest BCUT2D eigenvalue weighted by Gasteiger charge is 2.30. The van der Waals surface area contributed by atoms with Gasteiger partial charge in [0.05, 0.1) is 26.4 Å². The van der Waals surface area contributed by atoms with Gasteiger partial charge >= 0.3 is 33.6 Å². The fourth-order valence-corrected chi connectivity index (χ4v) is 14.9. The lowest BCUT2D eigenvalue weighted by Crippen LogP contribution is -2.30. The number of carbonyl (C=O) groups is 3. The zero-order valence-electron chi connectivity index (χ0n) is 74.9. The Balaban J connectivity index is 4.42. The summed E-state index contributed by atoms with van der Waals surface area (Å²) in [6.45, 7) is 2.65. The maximum Gasteiger partial charge on any atom is 0.472 e. The minimum Gasteiger partial charge on any atom is -0.463 e. The van der Waals surface area contributed by atoms with E-state index in [0.29, 0.717) is 19.3 Å². The molecule has 0 saturated carbocycles. The lowest BCUT2D eigenvalue weighted by atomic mass is 10.0. The van der Waals surface area contributed by atoms with Gasteiger partial charge in [0.25, 0.3) is 0 Å². The van der Waals surface area contributed by atoms with Crippen molar-refractivity contribution in [3.8, 4) is 0 Å². The molecule has 0 fully saturated rings. The Morgan fingerprint density at radius 1 is 0.239 bits per heavy atom. The number of aliphatic hydroxyl groups excluding tert-OH is 2. The third kappa shape index (κ3) is 92.5. The molecule has 117 heavy (non-hydrogen) atoms. The second-order valence-electron chi connectivity index (χ2n) is 32.2. The number of esters is 3. The summed E-state index contributed by atoms with van der Waals surface area (Å²) in [6.07, 6.45) is 113. The molecule has 0 saturated heterocycles. The Kier molecular flexibility index (Phi) is 88.0. The second kappa shape index (κ2) is 91.2. The fourth-order valence-electron chi connectivity index (χ4n) is 13.3. The van der Waals surface area contributed by atoms with E-state index in [2.05, 4.69) is 142 Å². The highest BCUT2D eigenvalue weighted by molar-refractivity contribution is 7.47. The van der Waals surface area contributed by atoms with Crippen LogP contribution in [0.25, 0.3) is 0 Å². The molecule has 0 spiro atoms. The predicted molar refractivity (Wildman–Crippen MR) is 491 cm³/mol. The molecular formula is C99H176O16P2. The van der Waals surface area contributed by atoms with Crippen LogP contribution in [0.3, 0.4) is 0 Å². The van der Waals surface area contributed by atoms with Crippen molar-refractivity contribution in [1.29, 1.82) is 0 Å². The van der Waals surface area contributed by atoms with Crippen LogP contribution in [-0.4, -0.2) is 95.9 Å². The van der Waals surface area contributed by atoms with Crippen LogP contribution >= 0.6 is 15.6 Å². The van der Waals surface area contributed by atoms with Gasteiger partial charge in [0.15, 0.2) is 6.10 Å². The van der Waals surface area contributed by atoms with Crippen LogP contribution in [-0.2, 0) is 55.8 Å². The summed E-state index contributed by atoms with van der Waals surface area (Å²) in [5, 5.41) is 20.7. The average Bonchev–Trinajstić information content (AvgIpc) is 0.874. The van der Waals surface area contributed by atoms with Gasteiger partial charge in [-0.15, -0.1) is 0 Å². The largest absolute Gasteiger partial charge is 0.472 e. The number of phosphoric ester groups is 2. The molecule has 678 valence electrons. The first-order valence-corrected chi connectivity index (χ1v) is 50.8. The predicted octanol–water partition coefficient (Wildman–Crippen LogP) is 29.6. The van der Waals surface area contributed by atoms with Crippen molar-refractivity contribution in [3.05, 3.63) is 122 Å². The third-order valence-electron chi connectivity index (χ3n) is 20.6. The first kappa shape index (κ1) is 113. The maximum absolute atomic E-state index is 13.0. The van der Waals surface area contributed by atoms with Crippen LogP contribution in [0.2, 0.25) is 0 Å². The van der Waals surface area contributed by atoms with Crippen LogP contribution in [0, 0.1) is 0 Å². The molecule has 5 atom stereocenters. The summed E-state index contributed by atoms with van der Waals surface area (Å²) >= 11 is 0. The van der Waals surface area contributed by atoms with Gasteiger partial charge in [-0.05, 0) is 141 Å². The second-order valence-corrected chi connectivity index (χ2v) is 35.1.